The molecule has 0 bridgehead atoms. The van der Waals surface area contributed by atoms with E-state index >= 15 is 0 Å². The van der Waals surface area contributed by atoms with Crippen LogP contribution in [0, 0.1) is 16.0 Å². The number of benzene rings is 2. The standard InChI is InChI=1S/C18H19N3O4/c1-13(2)12-25-17-9-4-3-6-15(17)11-19-20-18(22)14-7-5-8-16(10-14)21(23)24/h3-11,13H,12H2,1-2H3,(H,20,22)/b19-11-. The van der Waals surface area contributed by atoms with Gasteiger partial charge in [-0.25, -0.2) is 5.43 Å². The third-order valence-electron chi connectivity index (χ3n) is 3.18. The van der Waals surface area contributed by atoms with Gasteiger partial charge in [-0.2, -0.15) is 5.10 Å². The molecule has 0 aliphatic heterocycles. The Morgan fingerprint density at radius 2 is 2.04 bits per heavy atom. The average Bonchev–Trinajstić information content (AvgIpc) is 2.60. The van der Waals surface area contributed by atoms with Crippen LogP contribution in [0.25, 0.3) is 0 Å². The third-order valence-corrected chi connectivity index (χ3v) is 3.18. The van der Waals surface area contributed by atoms with Crippen molar-refractivity contribution in [2.45, 2.75) is 13.8 Å². The first-order valence-electron chi connectivity index (χ1n) is 7.77. The van der Waals surface area contributed by atoms with E-state index in [1.807, 2.05) is 24.3 Å². The Morgan fingerprint density at radius 1 is 1.28 bits per heavy atom. The number of para-hydroxylation sites is 1. The number of carbonyl (C=O) groups is 1. The highest BCUT2D eigenvalue weighted by Crippen LogP contribution is 2.17. The monoisotopic (exact) mass is 341 g/mol. The molecule has 25 heavy (non-hydrogen) atoms. The molecule has 2 aromatic carbocycles. The molecular formula is C18H19N3O4. The van der Waals surface area contributed by atoms with Gasteiger partial charge in [0, 0.05) is 23.3 Å². The molecule has 0 atom stereocenters. The number of rotatable bonds is 7. The van der Waals surface area contributed by atoms with E-state index in [1.165, 1.54) is 30.5 Å². The van der Waals surface area contributed by atoms with Crippen molar-refractivity contribution in [1.82, 2.24) is 5.43 Å². The van der Waals surface area contributed by atoms with Gasteiger partial charge in [-0.1, -0.05) is 32.0 Å². The van der Waals surface area contributed by atoms with Crippen molar-refractivity contribution < 1.29 is 14.5 Å². The Kier molecular flexibility index (Phi) is 6.22. The van der Waals surface area contributed by atoms with E-state index in [0.717, 1.165) is 5.56 Å². The van der Waals surface area contributed by atoms with Crippen LogP contribution in [0.3, 0.4) is 0 Å². The molecule has 7 heteroatoms. The number of ether oxygens (including phenoxy) is 1. The van der Waals surface area contributed by atoms with Crippen molar-refractivity contribution in [3.05, 3.63) is 69.8 Å². The Hall–Kier alpha value is -3.22. The first-order chi connectivity index (χ1) is 12.0. The minimum absolute atomic E-state index is 0.149. The smallest absolute Gasteiger partial charge is 0.271 e. The molecule has 0 aliphatic carbocycles. The van der Waals surface area contributed by atoms with E-state index < -0.39 is 10.8 Å². The maximum absolute atomic E-state index is 12.0. The lowest BCUT2D eigenvalue weighted by Gasteiger charge is -2.10. The fraction of sp³-hybridized carbons (Fsp3) is 0.222. The van der Waals surface area contributed by atoms with Gasteiger partial charge in [-0.15, -0.1) is 0 Å². The molecule has 1 amide bonds. The molecule has 0 spiro atoms. The van der Waals surface area contributed by atoms with Gasteiger partial charge in [0.1, 0.15) is 5.75 Å². The molecule has 2 rings (SSSR count). The molecule has 2 aromatic rings. The SMILES string of the molecule is CC(C)COc1ccccc1/C=N\NC(=O)c1cccc([N+](=O)[O-])c1. The Morgan fingerprint density at radius 3 is 2.76 bits per heavy atom. The number of nitrogens with zero attached hydrogens (tertiary/aromatic N) is 2. The van der Waals surface area contributed by atoms with Crippen LogP contribution in [0.15, 0.2) is 53.6 Å². The predicted octanol–water partition coefficient (Wildman–Crippen LogP) is 3.39. The van der Waals surface area contributed by atoms with Crippen LogP contribution < -0.4 is 10.2 Å². The molecule has 7 nitrogen and oxygen atoms in total. The summed E-state index contributed by atoms with van der Waals surface area (Å²) in [5.74, 6) is 0.531. The number of hydrogen-bond acceptors (Lipinski definition) is 5. The summed E-state index contributed by atoms with van der Waals surface area (Å²) >= 11 is 0. The second-order valence-corrected chi connectivity index (χ2v) is 5.75. The zero-order valence-electron chi connectivity index (χ0n) is 14.0. The zero-order chi connectivity index (χ0) is 18.2. The molecule has 1 N–H and O–H groups in total. The molecule has 0 aliphatic rings. The summed E-state index contributed by atoms with van der Waals surface area (Å²) in [6, 6.07) is 12.8. The Bertz CT molecular complexity index is 787. The lowest BCUT2D eigenvalue weighted by molar-refractivity contribution is -0.384. The number of hydrogen-bond donors (Lipinski definition) is 1. The van der Waals surface area contributed by atoms with Crippen molar-refractivity contribution in [1.29, 1.82) is 0 Å². The normalized spacial score (nSPS) is 10.8. The van der Waals surface area contributed by atoms with Crippen LogP contribution in [0.1, 0.15) is 29.8 Å². The molecule has 0 saturated carbocycles. The van der Waals surface area contributed by atoms with Gasteiger partial charge in [0.05, 0.1) is 17.7 Å². The molecule has 0 aromatic heterocycles. The number of hydrazone groups is 1. The molecule has 0 radical (unpaired) electrons. The van der Waals surface area contributed by atoms with Crippen LogP contribution in [-0.2, 0) is 0 Å². The fourth-order valence-corrected chi connectivity index (χ4v) is 1.96. The lowest BCUT2D eigenvalue weighted by Crippen LogP contribution is -2.17. The van der Waals surface area contributed by atoms with Crippen molar-refractivity contribution >= 4 is 17.8 Å². The Labute approximate surface area is 145 Å². The summed E-state index contributed by atoms with van der Waals surface area (Å²) in [7, 11) is 0. The maximum atomic E-state index is 12.0. The van der Waals surface area contributed by atoms with Gasteiger partial charge >= 0.3 is 0 Å². The van der Waals surface area contributed by atoms with E-state index in [-0.39, 0.29) is 11.3 Å². The molecule has 0 saturated heterocycles. The number of nitrogens with one attached hydrogen (secondary N) is 1. The largest absolute Gasteiger partial charge is 0.493 e. The minimum Gasteiger partial charge on any atom is -0.493 e. The van der Waals surface area contributed by atoms with E-state index in [0.29, 0.717) is 18.3 Å². The number of amides is 1. The van der Waals surface area contributed by atoms with Crippen molar-refractivity contribution in [3.63, 3.8) is 0 Å². The van der Waals surface area contributed by atoms with Crippen molar-refractivity contribution in [2.75, 3.05) is 6.61 Å². The highest BCUT2D eigenvalue weighted by molar-refractivity contribution is 5.95. The summed E-state index contributed by atoms with van der Waals surface area (Å²) in [5, 5.41) is 14.7. The van der Waals surface area contributed by atoms with E-state index in [2.05, 4.69) is 24.4 Å². The fourth-order valence-electron chi connectivity index (χ4n) is 1.96. The number of nitro groups is 1. The molecule has 0 fully saturated rings. The van der Waals surface area contributed by atoms with Gasteiger partial charge in [0.2, 0.25) is 0 Å². The predicted molar refractivity (Wildman–Crippen MR) is 94.9 cm³/mol. The van der Waals surface area contributed by atoms with Gasteiger partial charge in [0.25, 0.3) is 11.6 Å². The van der Waals surface area contributed by atoms with E-state index in [1.54, 1.807) is 0 Å². The maximum Gasteiger partial charge on any atom is 0.271 e. The van der Waals surface area contributed by atoms with Crippen molar-refractivity contribution in [3.8, 4) is 5.75 Å². The van der Waals surface area contributed by atoms with Gasteiger partial charge in [0.15, 0.2) is 0 Å². The van der Waals surface area contributed by atoms with Gasteiger partial charge in [-0.05, 0) is 24.1 Å². The lowest BCUT2D eigenvalue weighted by atomic mass is 10.2. The van der Waals surface area contributed by atoms with E-state index in [4.69, 9.17) is 4.74 Å². The van der Waals surface area contributed by atoms with Gasteiger partial charge < -0.3 is 4.74 Å². The molecule has 0 heterocycles. The topological polar surface area (TPSA) is 93.8 Å². The molecule has 130 valence electrons. The van der Waals surface area contributed by atoms with Crippen LogP contribution >= 0.6 is 0 Å². The van der Waals surface area contributed by atoms with Crippen LogP contribution in [0.4, 0.5) is 5.69 Å². The second-order valence-electron chi connectivity index (χ2n) is 5.75. The first-order valence-corrected chi connectivity index (χ1v) is 7.77. The third kappa shape index (κ3) is 5.42. The number of nitro benzene ring substituents is 1. The summed E-state index contributed by atoms with van der Waals surface area (Å²) in [4.78, 5) is 22.2. The Balaban J connectivity index is 2.04. The summed E-state index contributed by atoms with van der Waals surface area (Å²) < 4.78 is 5.70. The van der Waals surface area contributed by atoms with Crippen LogP contribution in [-0.4, -0.2) is 23.7 Å². The van der Waals surface area contributed by atoms with Crippen LogP contribution in [0.5, 0.6) is 5.75 Å². The first kappa shape index (κ1) is 18.1. The highest BCUT2D eigenvalue weighted by Gasteiger charge is 2.10. The summed E-state index contributed by atoms with van der Waals surface area (Å²) in [6.07, 6.45) is 1.48. The average molecular weight is 341 g/mol. The number of carbonyl (C=O) groups excluding carboxylic acids is 1. The zero-order valence-corrected chi connectivity index (χ0v) is 14.0. The van der Waals surface area contributed by atoms with Gasteiger partial charge in [-0.3, -0.25) is 14.9 Å². The summed E-state index contributed by atoms with van der Waals surface area (Å²) in [6.45, 7) is 4.68. The quantitative estimate of drug-likeness (QED) is 0.474. The van der Waals surface area contributed by atoms with E-state index in [9.17, 15) is 14.9 Å². The molecular weight excluding hydrogens is 322 g/mol. The molecule has 0 unspecified atom stereocenters. The number of non-ortho nitro benzene ring substituents is 1. The summed E-state index contributed by atoms with van der Waals surface area (Å²) in [5.41, 5.74) is 3.10. The second kappa shape index (κ2) is 8.58. The minimum atomic E-state index is -0.553. The highest BCUT2D eigenvalue weighted by atomic mass is 16.6. The van der Waals surface area contributed by atoms with Crippen molar-refractivity contribution in [2.24, 2.45) is 11.0 Å². The van der Waals surface area contributed by atoms with Crippen LogP contribution in [0.2, 0.25) is 0 Å².